The number of benzene rings is 1. The van der Waals surface area contributed by atoms with Gasteiger partial charge in [0.15, 0.2) is 0 Å². The van der Waals surface area contributed by atoms with Gasteiger partial charge in [0.05, 0.1) is 43.6 Å². The van der Waals surface area contributed by atoms with Crippen LogP contribution in [0.2, 0.25) is 0 Å². The zero-order valence-corrected chi connectivity index (χ0v) is 12.4. The molecule has 2 aromatic rings. The lowest BCUT2D eigenvalue weighted by Gasteiger charge is -2.43. The molecule has 1 N–H and O–H groups in total. The first-order valence-electron chi connectivity index (χ1n) is 7.46. The van der Waals surface area contributed by atoms with Crippen molar-refractivity contribution in [3.8, 4) is 11.3 Å². The molecule has 4 heteroatoms. The monoisotopic (exact) mass is 284 g/mol. The summed E-state index contributed by atoms with van der Waals surface area (Å²) in [6.45, 7) is 5.33. The van der Waals surface area contributed by atoms with Gasteiger partial charge in [-0.3, -0.25) is 0 Å². The third-order valence-corrected chi connectivity index (χ3v) is 4.92. The summed E-state index contributed by atoms with van der Waals surface area (Å²) in [4.78, 5) is 4.29. The van der Waals surface area contributed by atoms with Crippen molar-refractivity contribution in [1.29, 1.82) is 0 Å². The molecule has 4 nitrogen and oxygen atoms in total. The molecule has 1 aromatic carbocycles. The van der Waals surface area contributed by atoms with Gasteiger partial charge in [-0.2, -0.15) is 0 Å². The van der Waals surface area contributed by atoms with Crippen molar-refractivity contribution in [1.82, 2.24) is 9.55 Å². The van der Waals surface area contributed by atoms with E-state index in [4.69, 9.17) is 4.74 Å². The molecule has 3 atom stereocenters. The normalized spacial score (nSPS) is 30.0. The maximum Gasteiger partial charge on any atom is 0.0956 e. The van der Waals surface area contributed by atoms with Crippen molar-refractivity contribution >= 4 is 0 Å². The van der Waals surface area contributed by atoms with Gasteiger partial charge in [-0.25, -0.2) is 4.98 Å². The molecule has 0 bridgehead atoms. The second-order valence-corrected chi connectivity index (χ2v) is 6.83. The second kappa shape index (κ2) is 4.42. The van der Waals surface area contributed by atoms with Crippen LogP contribution in [0.4, 0.5) is 0 Å². The van der Waals surface area contributed by atoms with Crippen LogP contribution in [0.25, 0.3) is 11.3 Å². The van der Waals surface area contributed by atoms with Crippen LogP contribution in [-0.2, 0) is 4.74 Å². The molecule has 2 aliphatic rings. The van der Waals surface area contributed by atoms with Crippen molar-refractivity contribution in [2.75, 3.05) is 13.2 Å². The van der Waals surface area contributed by atoms with Crippen LogP contribution in [-0.4, -0.2) is 34.0 Å². The lowest BCUT2D eigenvalue weighted by Crippen LogP contribution is -2.49. The summed E-state index contributed by atoms with van der Waals surface area (Å²) in [6, 6.07) is 8.50. The average Bonchev–Trinajstić information content (AvgIpc) is 3.03. The fourth-order valence-electron chi connectivity index (χ4n) is 3.79. The highest BCUT2D eigenvalue weighted by Crippen LogP contribution is 2.47. The van der Waals surface area contributed by atoms with Crippen LogP contribution in [0, 0.1) is 11.3 Å². The van der Waals surface area contributed by atoms with Gasteiger partial charge in [0.1, 0.15) is 0 Å². The fourth-order valence-corrected chi connectivity index (χ4v) is 3.79. The molecule has 0 spiro atoms. The van der Waals surface area contributed by atoms with Crippen molar-refractivity contribution in [2.45, 2.75) is 26.0 Å². The minimum atomic E-state index is -0.391. The van der Waals surface area contributed by atoms with Crippen molar-refractivity contribution in [2.24, 2.45) is 11.3 Å². The van der Waals surface area contributed by atoms with E-state index in [0.29, 0.717) is 13.2 Å². The van der Waals surface area contributed by atoms with Crippen LogP contribution in [0.15, 0.2) is 36.8 Å². The molecule has 1 saturated heterocycles. The Labute approximate surface area is 124 Å². The summed E-state index contributed by atoms with van der Waals surface area (Å²) in [5.74, 6) is 0.0466. The highest BCUT2D eigenvalue weighted by atomic mass is 16.5. The number of ether oxygens (including phenoxy) is 1. The summed E-state index contributed by atoms with van der Waals surface area (Å²) < 4.78 is 7.98. The topological polar surface area (TPSA) is 47.3 Å². The van der Waals surface area contributed by atoms with Crippen LogP contribution >= 0.6 is 0 Å². The Kier molecular flexibility index (Phi) is 2.75. The Morgan fingerprint density at radius 2 is 2.14 bits per heavy atom. The van der Waals surface area contributed by atoms with Gasteiger partial charge in [-0.15, -0.1) is 0 Å². The molecule has 1 aromatic heterocycles. The van der Waals surface area contributed by atoms with Gasteiger partial charge in [-0.05, 0) is 5.56 Å². The standard InChI is InChI=1S/C17H20N2O2/c1-17(2)9-21-8-13(16(17)20)15-12-6-4-3-5-11(12)14-7-18-10-19(14)15/h3-7,10,13,15-16,20H,8-9H2,1-2H3/t13-,15-,16-/m0/s1. The molecule has 0 unspecified atom stereocenters. The molecule has 21 heavy (non-hydrogen) atoms. The van der Waals surface area contributed by atoms with Gasteiger partial charge in [-0.1, -0.05) is 38.1 Å². The smallest absolute Gasteiger partial charge is 0.0956 e. The largest absolute Gasteiger partial charge is 0.392 e. The van der Waals surface area contributed by atoms with E-state index < -0.39 is 6.10 Å². The van der Waals surface area contributed by atoms with E-state index in [1.165, 1.54) is 11.1 Å². The molecule has 2 aliphatic heterocycles. The summed E-state index contributed by atoms with van der Waals surface area (Å²) >= 11 is 0. The Morgan fingerprint density at radius 3 is 3.00 bits per heavy atom. The Bertz CT molecular complexity index is 677. The van der Waals surface area contributed by atoms with E-state index >= 15 is 0 Å². The zero-order valence-electron chi connectivity index (χ0n) is 12.4. The van der Waals surface area contributed by atoms with Crippen LogP contribution < -0.4 is 0 Å². The van der Waals surface area contributed by atoms with E-state index in [1.54, 1.807) is 0 Å². The van der Waals surface area contributed by atoms with E-state index in [9.17, 15) is 5.11 Å². The molecule has 110 valence electrons. The average molecular weight is 284 g/mol. The third kappa shape index (κ3) is 1.79. The second-order valence-electron chi connectivity index (χ2n) is 6.83. The molecule has 0 amide bonds. The molecular formula is C17H20N2O2. The number of imidazole rings is 1. The van der Waals surface area contributed by atoms with Crippen LogP contribution in [0.3, 0.4) is 0 Å². The van der Waals surface area contributed by atoms with Gasteiger partial charge in [0.25, 0.3) is 0 Å². The van der Waals surface area contributed by atoms with Gasteiger partial charge in [0.2, 0.25) is 0 Å². The summed E-state index contributed by atoms with van der Waals surface area (Å²) in [6.07, 6.45) is 3.38. The maximum atomic E-state index is 10.8. The Balaban J connectivity index is 1.82. The number of hydrogen-bond acceptors (Lipinski definition) is 3. The molecule has 4 rings (SSSR count). The van der Waals surface area contributed by atoms with Crippen molar-refractivity contribution in [3.63, 3.8) is 0 Å². The molecule has 1 fully saturated rings. The van der Waals surface area contributed by atoms with Gasteiger partial charge in [0, 0.05) is 16.9 Å². The lowest BCUT2D eigenvalue weighted by atomic mass is 9.74. The van der Waals surface area contributed by atoms with Gasteiger partial charge >= 0.3 is 0 Å². The first-order valence-corrected chi connectivity index (χ1v) is 7.46. The predicted octanol–water partition coefficient (Wildman–Crippen LogP) is 2.49. The van der Waals surface area contributed by atoms with Crippen LogP contribution in [0.5, 0.6) is 0 Å². The lowest BCUT2D eigenvalue weighted by molar-refractivity contribution is -0.129. The number of aliphatic hydroxyl groups is 1. The maximum absolute atomic E-state index is 10.8. The quantitative estimate of drug-likeness (QED) is 0.875. The molecule has 0 radical (unpaired) electrons. The molecule has 3 heterocycles. The predicted molar refractivity (Wildman–Crippen MR) is 79.9 cm³/mol. The first kappa shape index (κ1) is 13.0. The first-order chi connectivity index (χ1) is 10.1. The van der Waals surface area contributed by atoms with E-state index in [0.717, 1.165) is 5.69 Å². The Morgan fingerprint density at radius 1 is 1.33 bits per heavy atom. The van der Waals surface area contributed by atoms with E-state index in [2.05, 4.69) is 47.7 Å². The number of nitrogens with zero attached hydrogens (tertiary/aromatic N) is 2. The summed E-state index contributed by atoms with van der Waals surface area (Å²) in [5.41, 5.74) is 3.39. The SMILES string of the molecule is CC1(C)COC[C@@H]([C@@H]2c3ccccc3-c3cncn32)[C@@H]1O. The highest BCUT2D eigenvalue weighted by molar-refractivity contribution is 5.69. The van der Waals surface area contributed by atoms with Gasteiger partial charge < -0.3 is 14.4 Å². The minimum absolute atomic E-state index is 0.0466. The fraction of sp³-hybridized carbons (Fsp3) is 0.471. The number of hydrogen-bond donors (Lipinski definition) is 1. The number of rotatable bonds is 1. The van der Waals surface area contributed by atoms with Crippen molar-refractivity contribution in [3.05, 3.63) is 42.4 Å². The minimum Gasteiger partial charge on any atom is -0.392 e. The molecular weight excluding hydrogens is 264 g/mol. The van der Waals surface area contributed by atoms with E-state index in [1.807, 2.05) is 12.5 Å². The Hall–Kier alpha value is -1.65. The zero-order chi connectivity index (χ0) is 14.6. The van der Waals surface area contributed by atoms with E-state index in [-0.39, 0.29) is 17.4 Å². The summed E-state index contributed by atoms with van der Waals surface area (Å²) in [5, 5.41) is 10.8. The molecule has 0 aliphatic carbocycles. The van der Waals surface area contributed by atoms with Crippen LogP contribution in [0.1, 0.15) is 25.5 Å². The third-order valence-electron chi connectivity index (χ3n) is 4.92. The molecule has 0 saturated carbocycles. The number of aromatic nitrogens is 2. The highest BCUT2D eigenvalue weighted by Gasteiger charge is 2.45. The summed E-state index contributed by atoms with van der Waals surface area (Å²) in [7, 11) is 0. The van der Waals surface area contributed by atoms with Crippen molar-refractivity contribution < 1.29 is 9.84 Å². The number of aliphatic hydroxyl groups excluding tert-OH is 1. The number of fused-ring (bicyclic) bond motifs is 3.